The lowest BCUT2D eigenvalue weighted by Gasteiger charge is -2.20. The van der Waals surface area contributed by atoms with Crippen molar-refractivity contribution in [3.05, 3.63) is 48.2 Å². The van der Waals surface area contributed by atoms with Gasteiger partial charge in [-0.05, 0) is 30.3 Å². The number of hydrogen-bond acceptors (Lipinski definition) is 5. The number of methoxy groups -OCH3 is 1. The van der Waals surface area contributed by atoms with Gasteiger partial charge in [-0.15, -0.1) is 0 Å². The van der Waals surface area contributed by atoms with Crippen LogP contribution in [-0.4, -0.2) is 19.1 Å². The molecule has 0 aliphatic heterocycles. The lowest BCUT2D eigenvalue weighted by molar-refractivity contribution is 0.415. The highest BCUT2D eigenvalue weighted by Gasteiger charge is 2.06. The van der Waals surface area contributed by atoms with E-state index < -0.39 is 0 Å². The molecule has 0 saturated carbocycles. The molecule has 3 N–H and O–H groups in total. The van der Waals surface area contributed by atoms with Gasteiger partial charge in [0.25, 0.3) is 0 Å². The van der Waals surface area contributed by atoms with Crippen molar-refractivity contribution < 1.29 is 4.74 Å². The highest BCUT2D eigenvalue weighted by Crippen LogP contribution is 2.21. The van der Waals surface area contributed by atoms with E-state index in [-0.39, 0.29) is 0 Å². The van der Waals surface area contributed by atoms with Crippen LogP contribution < -0.4 is 20.9 Å². The summed E-state index contributed by atoms with van der Waals surface area (Å²) in [6.07, 6.45) is 1.71. The second-order valence-corrected chi connectivity index (χ2v) is 4.21. The highest BCUT2D eigenvalue weighted by molar-refractivity contribution is 5.51. The van der Waals surface area contributed by atoms with Crippen molar-refractivity contribution in [2.75, 3.05) is 24.5 Å². The van der Waals surface area contributed by atoms with Gasteiger partial charge in [0.15, 0.2) is 0 Å². The number of nitrogens with one attached hydrogen (secondary N) is 1. The molecule has 1 aromatic carbocycles. The van der Waals surface area contributed by atoms with Gasteiger partial charge in [-0.3, -0.25) is 0 Å². The molecular weight excluding hydrogens is 240 g/mol. The molecule has 0 radical (unpaired) electrons. The molecule has 0 amide bonds. The van der Waals surface area contributed by atoms with E-state index in [1.165, 1.54) is 0 Å². The Morgan fingerprint density at radius 3 is 2.63 bits per heavy atom. The first kappa shape index (κ1) is 13.2. The smallest absolute Gasteiger partial charge is 0.144 e. The Morgan fingerprint density at radius 1 is 1.26 bits per heavy atom. The van der Waals surface area contributed by atoms with Gasteiger partial charge >= 0.3 is 0 Å². The number of nitrogens with two attached hydrogens (primary N) is 1. The van der Waals surface area contributed by atoms with Crippen LogP contribution in [0, 0.1) is 0 Å². The fraction of sp³-hybridized carbons (Fsp3) is 0.214. The molecule has 0 bridgehead atoms. The van der Waals surface area contributed by atoms with E-state index in [1.54, 1.807) is 13.3 Å². The Labute approximate surface area is 113 Å². The van der Waals surface area contributed by atoms with Crippen molar-refractivity contribution in [2.24, 2.45) is 5.84 Å². The van der Waals surface area contributed by atoms with Gasteiger partial charge in [0, 0.05) is 31.0 Å². The van der Waals surface area contributed by atoms with Gasteiger partial charge in [0.05, 0.1) is 7.11 Å². The van der Waals surface area contributed by atoms with Crippen LogP contribution in [0.15, 0.2) is 42.6 Å². The van der Waals surface area contributed by atoms with Crippen molar-refractivity contribution in [1.82, 2.24) is 4.98 Å². The van der Waals surface area contributed by atoms with Crippen molar-refractivity contribution in [2.45, 2.75) is 6.54 Å². The number of pyridine rings is 1. The molecular formula is C14H18N4O. The van der Waals surface area contributed by atoms with Crippen LogP contribution in [-0.2, 0) is 6.54 Å². The average molecular weight is 258 g/mol. The average Bonchev–Trinajstić information content (AvgIpc) is 2.48. The minimum absolute atomic E-state index is 0.697. The minimum atomic E-state index is 0.697. The number of nitrogen functional groups attached to an aromatic ring is 1. The number of aromatic nitrogens is 1. The number of ether oxygens (including phenoxy) is 1. The first-order valence-corrected chi connectivity index (χ1v) is 6.00. The van der Waals surface area contributed by atoms with Crippen LogP contribution >= 0.6 is 0 Å². The van der Waals surface area contributed by atoms with E-state index in [0.29, 0.717) is 5.82 Å². The molecule has 2 aromatic rings. The fourth-order valence-corrected chi connectivity index (χ4v) is 1.88. The zero-order chi connectivity index (χ0) is 13.7. The molecule has 19 heavy (non-hydrogen) atoms. The topological polar surface area (TPSA) is 63.4 Å². The summed E-state index contributed by atoms with van der Waals surface area (Å²) in [5, 5.41) is 0. The van der Waals surface area contributed by atoms with Crippen LogP contribution in [0.5, 0.6) is 5.75 Å². The van der Waals surface area contributed by atoms with Crippen LogP contribution in [0.1, 0.15) is 5.56 Å². The van der Waals surface area contributed by atoms with Crippen molar-refractivity contribution >= 4 is 11.5 Å². The van der Waals surface area contributed by atoms with E-state index in [2.05, 4.69) is 15.3 Å². The summed E-state index contributed by atoms with van der Waals surface area (Å²) in [6.45, 7) is 0.722. The molecule has 2 rings (SSSR count). The van der Waals surface area contributed by atoms with Crippen LogP contribution in [0.2, 0.25) is 0 Å². The lowest BCUT2D eigenvalue weighted by Crippen LogP contribution is -2.19. The Balaban J connectivity index is 2.13. The SMILES string of the molecule is COc1ccc(N(C)Cc2cccnc2NN)cc1. The lowest BCUT2D eigenvalue weighted by atomic mass is 10.2. The third-order valence-corrected chi connectivity index (χ3v) is 2.95. The molecule has 5 heteroatoms. The normalized spacial score (nSPS) is 10.1. The number of hydrogen-bond donors (Lipinski definition) is 2. The van der Waals surface area contributed by atoms with Gasteiger partial charge in [-0.1, -0.05) is 6.07 Å². The third-order valence-electron chi connectivity index (χ3n) is 2.95. The maximum atomic E-state index is 5.46. The Bertz CT molecular complexity index is 527. The second-order valence-electron chi connectivity index (χ2n) is 4.21. The molecule has 0 unspecified atom stereocenters. The minimum Gasteiger partial charge on any atom is -0.497 e. The zero-order valence-corrected chi connectivity index (χ0v) is 11.1. The first-order valence-electron chi connectivity index (χ1n) is 6.00. The summed E-state index contributed by atoms with van der Waals surface area (Å²) >= 11 is 0. The number of anilines is 2. The standard InChI is InChI=1S/C14H18N4O/c1-18(12-5-7-13(19-2)8-6-12)10-11-4-3-9-16-14(11)17-15/h3-9H,10,15H2,1-2H3,(H,16,17). The molecule has 0 fully saturated rings. The predicted molar refractivity (Wildman–Crippen MR) is 77.1 cm³/mol. The van der Waals surface area contributed by atoms with Gasteiger partial charge in [-0.25, -0.2) is 10.8 Å². The molecule has 0 saturated heterocycles. The maximum Gasteiger partial charge on any atom is 0.144 e. The van der Waals surface area contributed by atoms with Crippen LogP contribution in [0.25, 0.3) is 0 Å². The van der Waals surface area contributed by atoms with E-state index >= 15 is 0 Å². The predicted octanol–water partition coefficient (Wildman–Crippen LogP) is 2.01. The molecule has 1 heterocycles. The first-order chi connectivity index (χ1) is 9.24. The maximum absolute atomic E-state index is 5.46. The molecule has 0 spiro atoms. The van der Waals surface area contributed by atoms with E-state index in [0.717, 1.165) is 23.5 Å². The summed E-state index contributed by atoms with van der Waals surface area (Å²) < 4.78 is 5.15. The summed E-state index contributed by atoms with van der Waals surface area (Å²) in [7, 11) is 3.68. The van der Waals surface area contributed by atoms with Crippen LogP contribution in [0.4, 0.5) is 11.5 Å². The Morgan fingerprint density at radius 2 is 2.00 bits per heavy atom. The van der Waals surface area contributed by atoms with Gasteiger partial charge < -0.3 is 15.1 Å². The van der Waals surface area contributed by atoms with Crippen molar-refractivity contribution in [3.63, 3.8) is 0 Å². The number of rotatable bonds is 5. The third kappa shape index (κ3) is 3.14. The van der Waals surface area contributed by atoms with Gasteiger partial charge in [0.1, 0.15) is 11.6 Å². The quantitative estimate of drug-likeness (QED) is 0.634. The fourth-order valence-electron chi connectivity index (χ4n) is 1.88. The zero-order valence-electron chi connectivity index (χ0n) is 11.1. The molecule has 0 aliphatic carbocycles. The highest BCUT2D eigenvalue weighted by atomic mass is 16.5. The van der Waals surface area contributed by atoms with Gasteiger partial charge in [-0.2, -0.15) is 0 Å². The van der Waals surface area contributed by atoms with Crippen molar-refractivity contribution in [3.8, 4) is 5.75 Å². The molecule has 1 aromatic heterocycles. The number of nitrogens with zero attached hydrogens (tertiary/aromatic N) is 2. The van der Waals surface area contributed by atoms with Crippen LogP contribution in [0.3, 0.4) is 0 Å². The summed E-state index contributed by atoms with van der Waals surface area (Å²) in [4.78, 5) is 6.31. The Kier molecular flexibility index (Phi) is 4.20. The van der Waals surface area contributed by atoms with E-state index in [4.69, 9.17) is 10.6 Å². The van der Waals surface area contributed by atoms with E-state index in [1.807, 2.05) is 43.4 Å². The molecule has 0 aliphatic rings. The van der Waals surface area contributed by atoms with E-state index in [9.17, 15) is 0 Å². The Hall–Kier alpha value is -2.27. The largest absolute Gasteiger partial charge is 0.497 e. The molecule has 100 valence electrons. The monoisotopic (exact) mass is 258 g/mol. The molecule has 5 nitrogen and oxygen atoms in total. The van der Waals surface area contributed by atoms with Gasteiger partial charge in [0.2, 0.25) is 0 Å². The summed E-state index contributed by atoms with van der Waals surface area (Å²) in [5.41, 5.74) is 4.76. The number of hydrazine groups is 1. The second kappa shape index (κ2) is 6.06. The molecule has 0 atom stereocenters. The summed E-state index contributed by atoms with van der Waals surface area (Å²) in [6, 6.07) is 11.8. The van der Waals surface area contributed by atoms with Crippen molar-refractivity contribution in [1.29, 1.82) is 0 Å². The number of benzene rings is 1. The summed E-state index contributed by atoms with van der Waals surface area (Å²) in [5.74, 6) is 7.00.